The quantitative estimate of drug-likeness (QED) is 0.798. The molecule has 2 aliphatic heterocycles. The number of nitrogens with zero attached hydrogens (tertiary/aromatic N) is 1. The summed E-state index contributed by atoms with van der Waals surface area (Å²) in [6, 6.07) is 4.86. The number of anilines is 2. The molecule has 0 saturated carbocycles. The highest BCUT2D eigenvalue weighted by Gasteiger charge is 2.36. The van der Waals surface area contributed by atoms with Crippen LogP contribution in [0.5, 0.6) is 0 Å². The summed E-state index contributed by atoms with van der Waals surface area (Å²) in [7, 11) is 0. The lowest BCUT2D eigenvalue weighted by atomic mass is 10.1. The fourth-order valence-corrected chi connectivity index (χ4v) is 2.84. The van der Waals surface area contributed by atoms with Crippen molar-refractivity contribution in [2.45, 2.75) is 31.9 Å². The number of primary amides is 1. The Morgan fingerprint density at radius 1 is 1.45 bits per heavy atom. The van der Waals surface area contributed by atoms with Gasteiger partial charge >= 0.3 is 5.97 Å². The summed E-state index contributed by atoms with van der Waals surface area (Å²) in [4.78, 5) is 37.1. The lowest BCUT2D eigenvalue weighted by Gasteiger charge is -2.33. The molecule has 7 nitrogen and oxygen atoms in total. The first kappa shape index (κ1) is 14.4. The van der Waals surface area contributed by atoms with Crippen LogP contribution in [0.25, 0.3) is 0 Å². The van der Waals surface area contributed by atoms with Crippen LogP contribution >= 0.6 is 0 Å². The molecule has 1 aromatic rings. The Bertz CT molecular complexity index is 658. The van der Waals surface area contributed by atoms with Crippen molar-refractivity contribution in [1.29, 1.82) is 0 Å². The molecule has 1 aromatic carbocycles. The number of nitrogens with one attached hydrogen (secondary N) is 1. The van der Waals surface area contributed by atoms with E-state index in [-0.39, 0.29) is 17.5 Å². The van der Waals surface area contributed by atoms with Gasteiger partial charge in [-0.1, -0.05) is 0 Å². The number of carbonyl (C=O) groups excluding carboxylic acids is 3. The van der Waals surface area contributed by atoms with E-state index in [9.17, 15) is 14.4 Å². The molecule has 3 rings (SSSR count). The second-order valence-corrected chi connectivity index (χ2v) is 5.52. The van der Waals surface area contributed by atoms with Crippen LogP contribution < -0.4 is 16.0 Å². The molecule has 0 unspecified atom stereocenters. The zero-order valence-electron chi connectivity index (χ0n) is 12.2. The SMILES string of the molecule is C[C@H](OC(=O)c1ccc2c(c1)NC(=O)[C@@H]1CCCN21)C(N)=O. The maximum atomic E-state index is 12.1. The molecule has 0 bridgehead atoms. The summed E-state index contributed by atoms with van der Waals surface area (Å²) < 4.78 is 4.96. The third kappa shape index (κ3) is 2.38. The van der Waals surface area contributed by atoms with E-state index in [2.05, 4.69) is 10.2 Å². The summed E-state index contributed by atoms with van der Waals surface area (Å²) in [5.41, 5.74) is 6.83. The Morgan fingerprint density at radius 3 is 2.95 bits per heavy atom. The van der Waals surface area contributed by atoms with E-state index in [0.29, 0.717) is 5.69 Å². The second-order valence-electron chi connectivity index (χ2n) is 5.52. The molecular weight excluding hydrogens is 286 g/mol. The standard InChI is InChI=1S/C15H17N3O4/c1-8(13(16)19)22-15(21)9-4-5-11-10(7-9)17-14(20)12-3-2-6-18(11)12/h4-5,7-8,12H,2-3,6H2,1H3,(H2,16,19)(H,17,20)/t8-,12-/m0/s1. The van der Waals surface area contributed by atoms with Gasteiger partial charge in [-0.2, -0.15) is 0 Å². The van der Waals surface area contributed by atoms with Crippen molar-refractivity contribution < 1.29 is 19.1 Å². The maximum absolute atomic E-state index is 12.1. The Kier molecular flexibility index (Phi) is 3.48. The van der Waals surface area contributed by atoms with Crippen LogP contribution in [0.2, 0.25) is 0 Å². The van der Waals surface area contributed by atoms with Crippen molar-refractivity contribution in [2.75, 3.05) is 16.8 Å². The molecular formula is C15H17N3O4. The smallest absolute Gasteiger partial charge is 0.338 e. The molecule has 0 aromatic heterocycles. The van der Waals surface area contributed by atoms with Gasteiger partial charge in [-0.05, 0) is 38.0 Å². The molecule has 0 spiro atoms. The van der Waals surface area contributed by atoms with Crippen molar-refractivity contribution in [3.05, 3.63) is 23.8 Å². The number of carbonyl (C=O) groups is 3. The normalized spacial score (nSPS) is 20.7. The van der Waals surface area contributed by atoms with E-state index >= 15 is 0 Å². The maximum Gasteiger partial charge on any atom is 0.338 e. The molecule has 1 saturated heterocycles. The Morgan fingerprint density at radius 2 is 2.23 bits per heavy atom. The van der Waals surface area contributed by atoms with Crippen molar-refractivity contribution >= 4 is 29.2 Å². The van der Waals surface area contributed by atoms with Crippen molar-refractivity contribution in [3.8, 4) is 0 Å². The molecule has 1 fully saturated rings. The Balaban J connectivity index is 1.85. The number of fused-ring (bicyclic) bond motifs is 3. The van der Waals surface area contributed by atoms with E-state index in [0.717, 1.165) is 25.1 Å². The van der Waals surface area contributed by atoms with Gasteiger partial charge in [0.05, 0.1) is 16.9 Å². The van der Waals surface area contributed by atoms with Gasteiger partial charge in [0.2, 0.25) is 5.91 Å². The summed E-state index contributed by atoms with van der Waals surface area (Å²) in [6.07, 6.45) is 0.809. The molecule has 0 radical (unpaired) electrons. The van der Waals surface area contributed by atoms with Gasteiger partial charge < -0.3 is 20.7 Å². The van der Waals surface area contributed by atoms with Crippen molar-refractivity contribution in [2.24, 2.45) is 5.73 Å². The van der Waals surface area contributed by atoms with Crippen LogP contribution in [0.3, 0.4) is 0 Å². The Hall–Kier alpha value is -2.57. The highest BCUT2D eigenvalue weighted by Crippen LogP contribution is 2.37. The molecule has 22 heavy (non-hydrogen) atoms. The molecule has 7 heteroatoms. The molecule has 0 aliphatic carbocycles. The van der Waals surface area contributed by atoms with Crippen LogP contribution in [-0.4, -0.2) is 36.5 Å². The number of nitrogens with two attached hydrogens (primary N) is 1. The van der Waals surface area contributed by atoms with Crippen LogP contribution in [0, 0.1) is 0 Å². The third-order valence-corrected chi connectivity index (χ3v) is 4.04. The van der Waals surface area contributed by atoms with Gasteiger partial charge in [-0.3, -0.25) is 9.59 Å². The van der Waals surface area contributed by atoms with Gasteiger partial charge in [0.15, 0.2) is 6.10 Å². The first-order chi connectivity index (χ1) is 10.5. The first-order valence-corrected chi connectivity index (χ1v) is 7.19. The minimum atomic E-state index is -0.999. The van der Waals surface area contributed by atoms with Gasteiger partial charge in [0.1, 0.15) is 6.04 Å². The van der Waals surface area contributed by atoms with Crippen LogP contribution in [0.15, 0.2) is 18.2 Å². The fourth-order valence-electron chi connectivity index (χ4n) is 2.84. The van der Waals surface area contributed by atoms with Crippen molar-refractivity contribution in [3.63, 3.8) is 0 Å². The molecule has 2 amide bonds. The van der Waals surface area contributed by atoms with E-state index in [4.69, 9.17) is 10.5 Å². The zero-order chi connectivity index (χ0) is 15.9. The van der Waals surface area contributed by atoms with Gasteiger partial charge in [-0.15, -0.1) is 0 Å². The molecule has 3 N–H and O–H groups in total. The lowest BCUT2D eigenvalue weighted by molar-refractivity contribution is -0.125. The highest BCUT2D eigenvalue weighted by atomic mass is 16.5. The topological polar surface area (TPSA) is 102 Å². The predicted molar refractivity (Wildman–Crippen MR) is 79.5 cm³/mol. The molecule has 116 valence electrons. The summed E-state index contributed by atoms with van der Waals surface area (Å²) in [6.45, 7) is 2.24. The predicted octanol–water partition coefficient (Wildman–Crippen LogP) is 0.638. The summed E-state index contributed by atoms with van der Waals surface area (Å²) >= 11 is 0. The minimum absolute atomic E-state index is 0.0546. The number of amides is 2. The number of ether oxygens (including phenoxy) is 1. The number of hydrogen-bond acceptors (Lipinski definition) is 5. The van der Waals surface area contributed by atoms with Crippen LogP contribution in [-0.2, 0) is 14.3 Å². The average Bonchev–Trinajstić information content (AvgIpc) is 2.96. The van der Waals surface area contributed by atoms with Crippen LogP contribution in [0.4, 0.5) is 11.4 Å². The minimum Gasteiger partial charge on any atom is -0.449 e. The van der Waals surface area contributed by atoms with Gasteiger partial charge in [0.25, 0.3) is 5.91 Å². The molecule has 2 heterocycles. The lowest BCUT2D eigenvalue weighted by Crippen LogP contribution is -2.43. The second kappa shape index (κ2) is 5.32. The average molecular weight is 303 g/mol. The van der Waals surface area contributed by atoms with E-state index in [1.807, 2.05) is 0 Å². The summed E-state index contributed by atoms with van der Waals surface area (Å²) in [5, 5.41) is 2.82. The summed E-state index contributed by atoms with van der Waals surface area (Å²) in [5.74, 6) is -1.41. The van der Waals surface area contributed by atoms with Gasteiger partial charge in [0, 0.05) is 6.54 Å². The zero-order valence-corrected chi connectivity index (χ0v) is 12.2. The largest absolute Gasteiger partial charge is 0.449 e. The highest BCUT2D eigenvalue weighted by molar-refractivity contribution is 6.05. The number of hydrogen-bond donors (Lipinski definition) is 2. The number of benzene rings is 1. The van der Waals surface area contributed by atoms with Crippen LogP contribution in [0.1, 0.15) is 30.1 Å². The van der Waals surface area contributed by atoms with E-state index < -0.39 is 18.0 Å². The number of esters is 1. The molecule has 2 atom stereocenters. The monoisotopic (exact) mass is 303 g/mol. The third-order valence-electron chi connectivity index (χ3n) is 4.04. The van der Waals surface area contributed by atoms with Gasteiger partial charge in [-0.25, -0.2) is 4.79 Å². The Labute approximate surface area is 127 Å². The first-order valence-electron chi connectivity index (χ1n) is 7.19. The van der Waals surface area contributed by atoms with E-state index in [1.54, 1.807) is 18.2 Å². The van der Waals surface area contributed by atoms with E-state index in [1.165, 1.54) is 6.92 Å². The molecule has 2 aliphatic rings. The fraction of sp³-hybridized carbons (Fsp3) is 0.400. The van der Waals surface area contributed by atoms with Crippen molar-refractivity contribution in [1.82, 2.24) is 0 Å². The number of rotatable bonds is 3.